The Balaban J connectivity index is 1.38. The molecule has 0 spiro atoms. The monoisotopic (exact) mass is 414 g/mol. The number of rotatable bonds is 7. The normalized spacial score (nSPS) is 22.5. The van der Waals surface area contributed by atoms with Gasteiger partial charge in [0.2, 0.25) is 0 Å². The quantitative estimate of drug-likeness (QED) is 0.605. The molecular weight excluding hydrogens is 391 g/mol. The summed E-state index contributed by atoms with van der Waals surface area (Å²) in [4.78, 5) is 7.89. The molecule has 0 unspecified atom stereocenters. The molecule has 0 aliphatic carbocycles. The van der Waals surface area contributed by atoms with Crippen molar-refractivity contribution in [2.45, 2.75) is 30.1 Å². The predicted molar refractivity (Wildman–Crippen MR) is 102 cm³/mol. The summed E-state index contributed by atoms with van der Waals surface area (Å²) < 4.78 is 13.7. The molecule has 0 amide bonds. The van der Waals surface area contributed by atoms with E-state index in [1.807, 2.05) is 24.4 Å². The molecule has 5 heteroatoms. The average molecular weight is 413 g/mol. The fraction of sp³-hybridized carbons (Fsp3) is 0.286. The number of ether oxygens (including phenoxy) is 2. The number of aromatic nitrogens is 2. The van der Waals surface area contributed by atoms with Gasteiger partial charge in [0.25, 0.3) is 0 Å². The van der Waals surface area contributed by atoms with Crippen LogP contribution in [0.1, 0.15) is 23.8 Å². The molecule has 1 saturated heterocycles. The standard InChI is InChI=1S/C21H22N2O2Se/c1-3-7-16(8-4-1)13-24-14-17-11-20(26-18-9-5-2-6-10-18)21(25-17)19-12-22-15-23-19/h1-10,12,15,17,20-21H,11,13-14H2,(H,22,23)/t17-,20-,21+/m0/s1. The molecule has 3 atom stereocenters. The number of H-pyrrole nitrogens is 1. The second-order valence-corrected chi connectivity index (χ2v) is 9.15. The number of hydrogen-bond acceptors (Lipinski definition) is 3. The van der Waals surface area contributed by atoms with E-state index >= 15 is 0 Å². The van der Waals surface area contributed by atoms with Gasteiger partial charge in [-0.25, -0.2) is 0 Å². The average Bonchev–Trinajstić information content (AvgIpc) is 3.33. The third-order valence-corrected chi connectivity index (χ3v) is 7.14. The summed E-state index contributed by atoms with van der Waals surface area (Å²) in [5.74, 6) is 0. The van der Waals surface area contributed by atoms with E-state index in [4.69, 9.17) is 9.47 Å². The Bertz CT molecular complexity index is 780. The number of nitrogens with one attached hydrogen (secondary N) is 1. The minimum absolute atomic E-state index is 0.0723. The van der Waals surface area contributed by atoms with Crippen LogP contribution in [-0.2, 0) is 16.1 Å². The summed E-state index contributed by atoms with van der Waals surface area (Å²) in [5.41, 5.74) is 2.26. The molecule has 1 N–H and O–H groups in total. The third-order valence-electron chi connectivity index (χ3n) is 4.44. The molecule has 1 aliphatic rings. The first-order chi connectivity index (χ1) is 12.9. The van der Waals surface area contributed by atoms with E-state index in [1.165, 1.54) is 10.0 Å². The van der Waals surface area contributed by atoms with Crippen molar-refractivity contribution >= 4 is 19.4 Å². The van der Waals surface area contributed by atoms with Gasteiger partial charge in [0, 0.05) is 0 Å². The molecule has 1 aromatic heterocycles. The Labute approximate surface area is 160 Å². The number of benzene rings is 2. The van der Waals surface area contributed by atoms with E-state index < -0.39 is 0 Å². The van der Waals surface area contributed by atoms with Crippen molar-refractivity contribution in [3.05, 3.63) is 84.4 Å². The maximum absolute atomic E-state index is 6.35. The molecule has 134 valence electrons. The van der Waals surface area contributed by atoms with Gasteiger partial charge in [0.15, 0.2) is 0 Å². The topological polar surface area (TPSA) is 47.1 Å². The zero-order valence-electron chi connectivity index (χ0n) is 14.5. The summed E-state index contributed by atoms with van der Waals surface area (Å²) in [6.45, 7) is 1.25. The van der Waals surface area contributed by atoms with Crippen molar-refractivity contribution in [2.75, 3.05) is 6.61 Å². The van der Waals surface area contributed by atoms with Gasteiger partial charge in [-0.2, -0.15) is 0 Å². The Morgan fingerprint density at radius 3 is 2.58 bits per heavy atom. The first-order valence-corrected chi connectivity index (χ1v) is 10.7. The summed E-state index contributed by atoms with van der Waals surface area (Å²) >= 11 is 0.352. The molecule has 2 aromatic carbocycles. The van der Waals surface area contributed by atoms with E-state index in [2.05, 4.69) is 52.4 Å². The van der Waals surface area contributed by atoms with Crippen LogP contribution in [0.2, 0.25) is 4.82 Å². The van der Waals surface area contributed by atoms with Crippen molar-refractivity contribution in [3.8, 4) is 0 Å². The van der Waals surface area contributed by atoms with Crippen molar-refractivity contribution in [2.24, 2.45) is 0 Å². The molecule has 2 heterocycles. The van der Waals surface area contributed by atoms with Crippen LogP contribution in [0, 0.1) is 0 Å². The third kappa shape index (κ3) is 4.43. The van der Waals surface area contributed by atoms with Gasteiger partial charge in [-0.15, -0.1) is 0 Å². The van der Waals surface area contributed by atoms with E-state index in [-0.39, 0.29) is 12.2 Å². The van der Waals surface area contributed by atoms with Crippen LogP contribution in [0.3, 0.4) is 0 Å². The zero-order valence-corrected chi connectivity index (χ0v) is 16.2. The molecular formula is C21H22N2O2Se. The number of nitrogens with zero attached hydrogens (tertiary/aromatic N) is 1. The van der Waals surface area contributed by atoms with Crippen molar-refractivity contribution in [1.82, 2.24) is 9.97 Å². The molecule has 1 fully saturated rings. The molecule has 3 aromatic rings. The van der Waals surface area contributed by atoms with Gasteiger partial charge in [0.1, 0.15) is 0 Å². The van der Waals surface area contributed by atoms with Gasteiger partial charge < -0.3 is 0 Å². The summed E-state index contributed by atoms with van der Waals surface area (Å²) in [6, 6.07) is 21.0. The Morgan fingerprint density at radius 2 is 1.85 bits per heavy atom. The Kier molecular flexibility index (Phi) is 5.82. The maximum atomic E-state index is 6.35. The zero-order chi connectivity index (χ0) is 17.6. The van der Waals surface area contributed by atoms with Crippen molar-refractivity contribution in [1.29, 1.82) is 0 Å². The molecule has 4 nitrogen and oxygen atoms in total. The minimum atomic E-state index is 0.0723. The van der Waals surface area contributed by atoms with E-state index in [9.17, 15) is 0 Å². The Hall–Kier alpha value is -1.91. The molecule has 0 bridgehead atoms. The van der Waals surface area contributed by atoms with Crippen LogP contribution < -0.4 is 4.46 Å². The fourth-order valence-corrected chi connectivity index (χ4v) is 5.95. The summed E-state index contributed by atoms with van der Waals surface area (Å²) in [6.07, 6.45) is 4.83. The second-order valence-electron chi connectivity index (χ2n) is 6.39. The first kappa shape index (κ1) is 17.5. The van der Waals surface area contributed by atoms with Crippen LogP contribution in [0.4, 0.5) is 0 Å². The van der Waals surface area contributed by atoms with Crippen LogP contribution in [0.5, 0.6) is 0 Å². The second kappa shape index (κ2) is 8.65. The molecule has 1 aliphatic heterocycles. The van der Waals surface area contributed by atoms with Gasteiger partial charge in [-0.3, -0.25) is 0 Å². The molecule has 26 heavy (non-hydrogen) atoms. The van der Waals surface area contributed by atoms with Crippen molar-refractivity contribution < 1.29 is 9.47 Å². The van der Waals surface area contributed by atoms with Crippen LogP contribution in [0.25, 0.3) is 0 Å². The summed E-state index contributed by atoms with van der Waals surface area (Å²) in [5, 5.41) is 0. The van der Waals surface area contributed by atoms with E-state index in [1.54, 1.807) is 6.33 Å². The first-order valence-electron chi connectivity index (χ1n) is 8.85. The predicted octanol–water partition coefficient (Wildman–Crippen LogP) is 3.27. The summed E-state index contributed by atoms with van der Waals surface area (Å²) in [7, 11) is 0. The number of hydrogen-bond donors (Lipinski definition) is 1. The van der Waals surface area contributed by atoms with Crippen LogP contribution in [-0.4, -0.2) is 37.6 Å². The van der Waals surface area contributed by atoms with Gasteiger partial charge in [-0.05, 0) is 0 Å². The van der Waals surface area contributed by atoms with Gasteiger partial charge in [0.05, 0.1) is 0 Å². The van der Waals surface area contributed by atoms with E-state index in [0.717, 1.165) is 12.1 Å². The molecule has 4 rings (SSSR count). The SMILES string of the molecule is c1ccc(COC[C@@H]2C[C@H]([Se]c3ccccc3)[C@@H](c3cnc[nH]3)O2)cc1. The molecule has 0 radical (unpaired) electrons. The number of imidazole rings is 1. The van der Waals surface area contributed by atoms with Gasteiger partial charge >= 0.3 is 160 Å². The van der Waals surface area contributed by atoms with E-state index in [0.29, 0.717) is 33.0 Å². The van der Waals surface area contributed by atoms with Crippen LogP contribution in [0.15, 0.2) is 73.2 Å². The van der Waals surface area contributed by atoms with Crippen molar-refractivity contribution in [3.63, 3.8) is 0 Å². The Morgan fingerprint density at radius 1 is 1.08 bits per heavy atom. The fourth-order valence-electron chi connectivity index (χ4n) is 3.20. The molecule has 0 saturated carbocycles. The van der Waals surface area contributed by atoms with Crippen LogP contribution >= 0.6 is 0 Å². The van der Waals surface area contributed by atoms with Gasteiger partial charge in [-0.1, -0.05) is 0 Å². The number of aromatic amines is 1.